The van der Waals surface area contributed by atoms with Gasteiger partial charge >= 0.3 is 12.0 Å². The second-order valence-electron chi connectivity index (χ2n) is 7.27. The van der Waals surface area contributed by atoms with Crippen molar-refractivity contribution in [3.63, 3.8) is 0 Å². The minimum absolute atomic E-state index is 0.0544. The van der Waals surface area contributed by atoms with Gasteiger partial charge in [0.15, 0.2) is 5.78 Å². The zero-order chi connectivity index (χ0) is 21.2. The lowest BCUT2D eigenvalue weighted by atomic mass is 10.0. The maximum Gasteiger partial charge on any atom is 0.316 e. The first kappa shape index (κ1) is 22.9. The van der Waals surface area contributed by atoms with Crippen molar-refractivity contribution in [1.29, 1.82) is 0 Å². The summed E-state index contributed by atoms with van der Waals surface area (Å²) in [5, 5.41) is 10.7. The highest BCUT2D eigenvalue weighted by Crippen LogP contribution is 2.13. The zero-order valence-electron chi connectivity index (χ0n) is 16.5. The van der Waals surface area contributed by atoms with Crippen LogP contribution in [-0.4, -0.2) is 55.1 Å². The summed E-state index contributed by atoms with van der Waals surface area (Å²) in [6, 6.07) is 15.0. The van der Waals surface area contributed by atoms with Crippen molar-refractivity contribution < 1.29 is 24.0 Å². The van der Waals surface area contributed by atoms with Gasteiger partial charge in [-0.25, -0.2) is 4.79 Å². The molecule has 0 spiro atoms. The van der Waals surface area contributed by atoms with E-state index in [9.17, 15) is 14.4 Å². The SMILES string of the molecule is C[N+](C)(C)CCCC(=O)O.NC(=O)Nc1ccc(C(=O)c2ccccc2)cc1. The topological polar surface area (TPSA) is 109 Å². The number of urea groups is 1. The van der Waals surface area contributed by atoms with Gasteiger partial charge in [0.1, 0.15) is 0 Å². The Kier molecular flexibility index (Phi) is 8.84. The van der Waals surface area contributed by atoms with Crippen molar-refractivity contribution in [2.75, 3.05) is 33.0 Å². The molecule has 7 heteroatoms. The number of nitrogens with zero attached hydrogens (tertiary/aromatic N) is 1. The van der Waals surface area contributed by atoms with Gasteiger partial charge in [-0.05, 0) is 24.3 Å². The van der Waals surface area contributed by atoms with E-state index in [-0.39, 0.29) is 12.2 Å². The van der Waals surface area contributed by atoms with Crippen LogP contribution in [0.5, 0.6) is 0 Å². The van der Waals surface area contributed by atoms with Crippen molar-refractivity contribution in [2.24, 2.45) is 5.73 Å². The molecule has 7 nitrogen and oxygen atoms in total. The molecule has 150 valence electrons. The first-order valence-corrected chi connectivity index (χ1v) is 8.87. The lowest BCUT2D eigenvalue weighted by Gasteiger charge is -2.23. The second kappa shape index (κ2) is 10.8. The number of rotatable bonds is 7. The van der Waals surface area contributed by atoms with Gasteiger partial charge in [0.2, 0.25) is 0 Å². The van der Waals surface area contributed by atoms with E-state index in [2.05, 4.69) is 26.5 Å². The molecule has 0 radical (unpaired) electrons. The molecule has 0 bridgehead atoms. The number of carboxylic acids is 1. The number of carbonyl (C=O) groups excluding carboxylic acids is 2. The molecular formula is C21H28N3O4+. The van der Waals surface area contributed by atoms with Crippen LogP contribution in [-0.2, 0) is 4.79 Å². The normalized spacial score (nSPS) is 10.4. The molecule has 0 fully saturated rings. The van der Waals surface area contributed by atoms with Gasteiger partial charge in [-0.2, -0.15) is 0 Å². The third-order valence-corrected chi connectivity index (χ3v) is 3.67. The monoisotopic (exact) mass is 386 g/mol. The Hall–Kier alpha value is -3.19. The summed E-state index contributed by atoms with van der Waals surface area (Å²) in [4.78, 5) is 32.8. The smallest absolute Gasteiger partial charge is 0.316 e. The van der Waals surface area contributed by atoms with Crippen LogP contribution in [0.3, 0.4) is 0 Å². The third kappa shape index (κ3) is 9.49. The molecule has 0 aliphatic rings. The van der Waals surface area contributed by atoms with Gasteiger partial charge < -0.3 is 20.6 Å². The number of hydrogen-bond donors (Lipinski definition) is 3. The highest BCUT2D eigenvalue weighted by molar-refractivity contribution is 6.09. The Bertz CT molecular complexity index is 782. The predicted molar refractivity (Wildman–Crippen MR) is 109 cm³/mol. The molecule has 0 aromatic heterocycles. The lowest BCUT2D eigenvalue weighted by Crippen LogP contribution is -2.35. The molecule has 4 N–H and O–H groups in total. The lowest BCUT2D eigenvalue weighted by molar-refractivity contribution is -0.870. The number of quaternary nitrogens is 1. The molecule has 0 aliphatic carbocycles. The van der Waals surface area contributed by atoms with Crippen molar-refractivity contribution in [3.05, 3.63) is 65.7 Å². The quantitative estimate of drug-likeness (QED) is 0.502. The van der Waals surface area contributed by atoms with E-state index in [0.717, 1.165) is 17.4 Å². The van der Waals surface area contributed by atoms with Crippen LogP contribution < -0.4 is 11.1 Å². The zero-order valence-corrected chi connectivity index (χ0v) is 16.5. The summed E-state index contributed by atoms with van der Waals surface area (Å²) in [6.07, 6.45) is 1.05. The molecule has 2 rings (SSSR count). The van der Waals surface area contributed by atoms with Gasteiger partial charge in [0.25, 0.3) is 0 Å². The number of hydrogen-bond acceptors (Lipinski definition) is 3. The Morgan fingerprint density at radius 2 is 1.46 bits per heavy atom. The van der Waals surface area contributed by atoms with E-state index in [1.54, 1.807) is 36.4 Å². The largest absolute Gasteiger partial charge is 0.481 e. The van der Waals surface area contributed by atoms with Crippen molar-refractivity contribution in [1.82, 2.24) is 0 Å². The summed E-state index contributed by atoms with van der Waals surface area (Å²) in [5.74, 6) is -0.755. The molecular weight excluding hydrogens is 358 g/mol. The van der Waals surface area contributed by atoms with Crippen LogP contribution in [0.15, 0.2) is 54.6 Å². The standard InChI is InChI=1S/C14H12N2O2.C7H15NO2/c15-14(18)16-12-8-6-11(7-9-12)13(17)10-4-2-1-3-5-10;1-8(2,3)6-4-5-7(9)10/h1-9H,(H3,15,16,18);4-6H2,1-3H3/p+1. The number of anilines is 1. The Labute approximate surface area is 165 Å². The molecule has 0 saturated heterocycles. The molecule has 0 aliphatic heterocycles. The minimum Gasteiger partial charge on any atom is -0.481 e. The number of nitrogens with two attached hydrogens (primary N) is 1. The van der Waals surface area contributed by atoms with Crippen LogP contribution in [0.25, 0.3) is 0 Å². The highest BCUT2D eigenvalue weighted by atomic mass is 16.4. The summed E-state index contributed by atoms with van der Waals surface area (Å²) < 4.78 is 0.841. The number of amides is 2. The van der Waals surface area contributed by atoms with Crippen molar-refractivity contribution in [3.8, 4) is 0 Å². The van der Waals surface area contributed by atoms with E-state index in [1.807, 2.05) is 18.2 Å². The van der Waals surface area contributed by atoms with Gasteiger partial charge in [-0.15, -0.1) is 0 Å². The summed E-state index contributed by atoms with van der Waals surface area (Å²) in [7, 11) is 6.17. The summed E-state index contributed by atoms with van der Waals surface area (Å²) in [5.41, 5.74) is 6.76. The molecule has 28 heavy (non-hydrogen) atoms. The van der Waals surface area contributed by atoms with Crippen LogP contribution in [0.4, 0.5) is 10.5 Å². The molecule has 0 saturated carbocycles. The van der Waals surface area contributed by atoms with Gasteiger partial charge in [0, 0.05) is 23.2 Å². The third-order valence-electron chi connectivity index (χ3n) is 3.67. The van der Waals surface area contributed by atoms with E-state index < -0.39 is 12.0 Å². The Morgan fingerprint density at radius 3 is 1.93 bits per heavy atom. The molecule has 0 heterocycles. The van der Waals surface area contributed by atoms with Crippen molar-refractivity contribution >= 4 is 23.5 Å². The van der Waals surface area contributed by atoms with E-state index >= 15 is 0 Å². The molecule has 0 atom stereocenters. The first-order chi connectivity index (χ1) is 13.1. The van der Waals surface area contributed by atoms with Crippen LogP contribution in [0.2, 0.25) is 0 Å². The number of aliphatic carboxylic acids is 1. The van der Waals surface area contributed by atoms with Crippen LogP contribution >= 0.6 is 0 Å². The molecule has 2 amide bonds. The van der Waals surface area contributed by atoms with Gasteiger partial charge in [0.05, 0.1) is 34.1 Å². The maximum absolute atomic E-state index is 12.1. The highest BCUT2D eigenvalue weighted by Gasteiger charge is 2.08. The van der Waals surface area contributed by atoms with Crippen LogP contribution in [0.1, 0.15) is 28.8 Å². The van der Waals surface area contributed by atoms with Gasteiger partial charge in [-0.1, -0.05) is 30.3 Å². The fourth-order valence-corrected chi connectivity index (χ4v) is 2.31. The number of carboxylic acid groups (broad SMARTS) is 1. The van der Waals surface area contributed by atoms with E-state index in [0.29, 0.717) is 16.8 Å². The predicted octanol–water partition coefficient (Wildman–Crippen LogP) is 2.97. The molecule has 2 aromatic carbocycles. The van der Waals surface area contributed by atoms with Crippen molar-refractivity contribution in [2.45, 2.75) is 12.8 Å². The average molecular weight is 386 g/mol. The number of benzene rings is 2. The fourth-order valence-electron chi connectivity index (χ4n) is 2.31. The molecule has 0 unspecified atom stereocenters. The van der Waals surface area contributed by atoms with E-state index in [1.165, 1.54) is 0 Å². The van der Waals surface area contributed by atoms with E-state index in [4.69, 9.17) is 10.8 Å². The van der Waals surface area contributed by atoms with Crippen LogP contribution in [0, 0.1) is 0 Å². The summed E-state index contributed by atoms with van der Waals surface area (Å²) in [6.45, 7) is 0.923. The first-order valence-electron chi connectivity index (χ1n) is 8.87. The fraction of sp³-hybridized carbons (Fsp3) is 0.286. The Balaban J connectivity index is 0.000000336. The average Bonchev–Trinajstić information content (AvgIpc) is 2.61. The molecule has 2 aromatic rings. The number of carbonyl (C=O) groups is 3. The van der Waals surface area contributed by atoms with Gasteiger partial charge in [-0.3, -0.25) is 9.59 Å². The number of primary amides is 1. The number of nitrogens with one attached hydrogen (secondary N) is 1. The summed E-state index contributed by atoms with van der Waals surface area (Å²) >= 11 is 0. The second-order valence-corrected chi connectivity index (χ2v) is 7.27. The maximum atomic E-state index is 12.1. The number of ketones is 1. The Morgan fingerprint density at radius 1 is 0.929 bits per heavy atom. The minimum atomic E-state index is -0.701.